The van der Waals surface area contributed by atoms with E-state index in [1.807, 2.05) is 20.8 Å². The third kappa shape index (κ3) is 8.72. The number of nitrogens with one attached hydrogen (secondary N) is 4. The van der Waals surface area contributed by atoms with Crippen LogP contribution >= 0.6 is 23.2 Å². The molecule has 0 heterocycles. The lowest BCUT2D eigenvalue weighted by Crippen LogP contribution is -3.11. The summed E-state index contributed by atoms with van der Waals surface area (Å²) in [6.45, 7) is 5.45. The number of carbonyl (C=O) groups is 3. The lowest BCUT2D eigenvalue weighted by molar-refractivity contribution is -0.862. The Balaban J connectivity index is 2.43. The average molecular weight is 390 g/mol. The third-order valence-electron chi connectivity index (χ3n) is 2.87. The predicted octanol–water partition coefficient (Wildman–Crippen LogP) is 1.07. The first-order chi connectivity index (χ1) is 11.5. The van der Waals surface area contributed by atoms with Gasteiger partial charge in [0, 0.05) is 11.2 Å². The van der Waals surface area contributed by atoms with Crippen LogP contribution in [0.5, 0.6) is 0 Å². The highest BCUT2D eigenvalue weighted by Crippen LogP contribution is 2.24. The number of amides is 4. The molecule has 1 atom stereocenters. The Hall–Kier alpha value is -1.83. The van der Waals surface area contributed by atoms with E-state index < -0.39 is 17.5 Å². The highest BCUT2D eigenvalue weighted by Gasteiger charge is 2.19. The summed E-state index contributed by atoms with van der Waals surface area (Å²) in [7, 11) is 1.68. The van der Waals surface area contributed by atoms with Gasteiger partial charge in [-0.3, -0.25) is 14.9 Å². The van der Waals surface area contributed by atoms with E-state index in [0.717, 1.165) is 0 Å². The molecule has 0 aliphatic carbocycles. The maximum Gasteiger partial charge on any atom is 0.322 e. The second kappa shape index (κ2) is 9.03. The molecule has 7 nitrogen and oxygen atoms in total. The van der Waals surface area contributed by atoms with E-state index in [-0.39, 0.29) is 19.0 Å². The summed E-state index contributed by atoms with van der Waals surface area (Å²) in [4.78, 5) is 36.0. The van der Waals surface area contributed by atoms with Gasteiger partial charge in [0.2, 0.25) is 0 Å². The van der Waals surface area contributed by atoms with Crippen molar-refractivity contribution < 1.29 is 19.3 Å². The Labute approximate surface area is 157 Å². The van der Waals surface area contributed by atoms with Gasteiger partial charge in [0.1, 0.15) is 0 Å². The molecule has 0 fully saturated rings. The van der Waals surface area contributed by atoms with E-state index in [1.165, 1.54) is 0 Å². The van der Waals surface area contributed by atoms with Crippen LogP contribution < -0.4 is 20.9 Å². The molecule has 4 N–H and O–H groups in total. The summed E-state index contributed by atoms with van der Waals surface area (Å²) < 4.78 is 0. The zero-order valence-corrected chi connectivity index (χ0v) is 16.1. The van der Waals surface area contributed by atoms with Crippen molar-refractivity contribution in [3.8, 4) is 0 Å². The molecule has 138 valence electrons. The van der Waals surface area contributed by atoms with Crippen LogP contribution in [-0.2, 0) is 9.59 Å². The molecule has 1 unspecified atom stereocenters. The summed E-state index contributed by atoms with van der Waals surface area (Å²) in [5.41, 5.74) is 0.0734. The van der Waals surface area contributed by atoms with Gasteiger partial charge in [-0.05, 0) is 39.0 Å². The van der Waals surface area contributed by atoms with Crippen molar-refractivity contribution in [2.24, 2.45) is 0 Å². The first-order valence-corrected chi connectivity index (χ1v) is 8.40. The summed E-state index contributed by atoms with van der Waals surface area (Å²) in [5.74, 6) is -0.760. The standard InChI is InChI=1S/C16H22Cl2N4O3/c1-16(2,3)21-15(25)20-14(24)9-22(4)8-13(23)19-10-5-6-11(17)12(18)7-10/h5-7H,8-9H2,1-4H3,(H,19,23)(H2,20,21,24,25)/p+1. The number of urea groups is 1. The number of carbonyl (C=O) groups excluding carboxylic acids is 3. The topological polar surface area (TPSA) is 91.7 Å². The van der Waals surface area contributed by atoms with Crippen LogP contribution in [0.4, 0.5) is 10.5 Å². The number of hydrogen-bond donors (Lipinski definition) is 4. The van der Waals surface area contributed by atoms with Gasteiger partial charge in [-0.1, -0.05) is 23.2 Å². The van der Waals surface area contributed by atoms with Crippen LogP contribution in [-0.4, -0.2) is 43.5 Å². The highest BCUT2D eigenvalue weighted by molar-refractivity contribution is 6.42. The van der Waals surface area contributed by atoms with Crippen LogP contribution in [0.25, 0.3) is 0 Å². The first-order valence-electron chi connectivity index (χ1n) is 7.64. The molecule has 4 amide bonds. The monoisotopic (exact) mass is 389 g/mol. The Kier molecular flexibility index (Phi) is 7.66. The van der Waals surface area contributed by atoms with Gasteiger partial charge in [-0.25, -0.2) is 4.79 Å². The quantitative estimate of drug-likeness (QED) is 0.606. The van der Waals surface area contributed by atoms with Crippen LogP contribution in [0.2, 0.25) is 10.0 Å². The number of quaternary nitrogens is 1. The van der Waals surface area contributed by atoms with Crippen molar-refractivity contribution >= 4 is 46.7 Å². The molecule has 0 saturated carbocycles. The molecule has 0 aliphatic heterocycles. The molecule has 9 heteroatoms. The lowest BCUT2D eigenvalue weighted by Gasteiger charge is -2.20. The van der Waals surface area contributed by atoms with Crippen LogP contribution in [0.15, 0.2) is 18.2 Å². The maximum atomic E-state index is 12.0. The Bertz CT molecular complexity index is 659. The molecule has 1 rings (SSSR count). The molecular weight excluding hydrogens is 367 g/mol. The van der Waals surface area contributed by atoms with Crippen LogP contribution in [0, 0.1) is 0 Å². The number of rotatable bonds is 5. The minimum absolute atomic E-state index is 0.0215. The van der Waals surface area contributed by atoms with Gasteiger partial charge in [-0.15, -0.1) is 0 Å². The summed E-state index contributed by atoms with van der Waals surface area (Å²) in [6, 6.07) is 4.19. The Morgan fingerprint density at radius 2 is 1.64 bits per heavy atom. The van der Waals surface area contributed by atoms with Crippen molar-refractivity contribution in [3.05, 3.63) is 28.2 Å². The molecule has 0 saturated heterocycles. The molecule has 0 radical (unpaired) electrons. The second-order valence-electron chi connectivity index (χ2n) is 6.74. The number of halogens is 2. The fourth-order valence-corrected chi connectivity index (χ4v) is 2.23. The molecule has 25 heavy (non-hydrogen) atoms. The van der Waals surface area contributed by atoms with Crippen LogP contribution in [0.3, 0.4) is 0 Å². The SMILES string of the molecule is C[NH+](CC(=O)NC(=O)NC(C)(C)C)CC(=O)Nc1ccc(Cl)c(Cl)c1. The number of imide groups is 1. The zero-order chi connectivity index (χ0) is 19.2. The minimum Gasteiger partial charge on any atom is -0.333 e. The molecule has 1 aromatic rings. The van der Waals surface area contributed by atoms with Crippen molar-refractivity contribution in [3.63, 3.8) is 0 Å². The highest BCUT2D eigenvalue weighted by atomic mass is 35.5. The van der Waals surface area contributed by atoms with E-state index in [0.29, 0.717) is 20.6 Å². The average Bonchev–Trinajstić information content (AvgIpc) is 2.39. The van der Waals surface area contributed by atoms with E-state index in [4.69, 9.17) is 23.2 Å². The van der Waals surface area contributed by atoms with Crippen molar-refractivity contribution in [2.45, 2.75) is 26.3 Å². The van der Waals surface area contributed by atoms with Gasteiger partial charge in [0.25, 0.3) is 11.8 Å². The van der Waals surface area contributed by atoms with E-state index >= 15 is 0 Å². The Morgan fingerprint density at radius 1 is 1.04 bits per heavy atom. The van der Waals surface area contributed by atoms with Crippen molar-refractivity contribution in [2.75, 3.05) is 25.5 Å². The van der Waals surface area contributed by atoms with Crippen molar-refractivity contribution in [1.29, 1.82) is 0 Å². The maximum absolute atomic E-state index is 12.0. The largest absolute Gasteiger partial charge is 0.333 e. The summed E-state index contributed by atoms with van der Waals surface area (Å²) >= 11 is 11.7. The number of benzene rings is 1. The normalized spacial score (nSPS) is 12.2. The fraction of sp³-hybridized carbons (Fsp3) is 0.438. The molecule has 0 aromatic heterocycles. The van der Waals surface area contributed by atoms with E-state index in [9.17, 15) is 14.4 Å². The summed E-state index contributed by atoms with van der Waals surface area (Å²) in [5, 5.41) is 8.26. The van der Waals surface area contributed by atoms with Crippen LogP contribution in [0.1, 0.15) is 20.8 Å². The molecule has 0 bridgehead atoms. The van der Waals surface area contributed by atoms with Gasteiger partial charge in [0.15, 0.2) is 13.1 Å². The number of hydrogen-bond acceptors (Lipinski definition) is 3. The molecular formula is C16H23Cl2N4O3+. The van der Waals surface area contributed by atoms with Gasteiger partial charge in [-0.2, -0.15) is 0 Å². The first kappa shape index (κ1) is 21.2. The van der Waals surface area contributed by atoms with E-state index in [1.54, 1.807) is 25.2 Å². The van der Waals surface area contributed by atoms with Crippen molar-refractivity contribution in [1.82, 2.24) is 10.6 Å². The van der Waals surface area contributed by atoms with Gasteiger partial charge in [0.05, 0.1) is 17.1 Å². The van der Waals surface area contributed by atoms with Gasteiger partial charge >= 0.3 is 6.03 Å². The summed E-state index contributed by atoms with van der Waals surface area (Å²) in [6.07, 6.45) is 0. The Morgan fingerprint density at radius 3 is 2.20 bits per heavy atom. The van der Waals surface area contributed by atoms with E-state index in [2.05, 4.69) is 16.0 Å². The predicted molar refractivity (Wildman–Crippen MR) is 98.1 cm³/mol. The number of likely N-dealkylation sites (N-methyl/N-ethyl adjacent to an activating group) is 1. The molecule has 1 aromatic carbocycles. The smallest absolute Gasteiger partial charge is 0.322 e. The lowest BCUT2D eigenvalue weighted by atomic mass is 10.1. The minimum atomic E-state index is -0.564. The van der Waals surface area contributed by atoms with Gasteiger partial charge < -0.3 is 15.5 Å². The molecule has 0 spiro atoms. The second-order valence-corrected chi connectivity index (χ2v) is 7.55. The molecule has 0 aliphatic rings. The third-order valence-corrected chi connectivity index (χ3v) is 3.61. The zero-order valence-electron chi connectivity index (χ0n) is 14.6. The fourth-order valence-electron chi connectivity index (χ4n) is 1.93. The number of anilines is 1.